The molecule has 0 fully saturated rings. The van der Waals surface area contributed by atoms with E-state index in [1.165, 1.54) is 7.11 Å². The van der Waals surface area contributed by atoms with E-state index in [2.05, 4.69) is 49.0 Å². The Bertz CT molecular complexity index is 947. The molecule has 0 aliphatic heterocycles. The first-order valence-corrected chi connectivity index (χ1v) is 11.5. The Labute approximate surface area is 207 Å². The highest BCUT2D eigenvalue weighted by Gasteiger charge is 2.08. The summed E-state index contributed by atoms with van der Waals surface area (Å²) in [6.07, 6.45) is 30.6. The third-order valence-corrected chi connectivity index (χ3v) is 4.48. The van der Waals surface area contributed by atoms with Crippen LogP contribution in [0.25, 0.3) is 0 Å². The van der Waals surface area contributed by atoms with Crippen molar-refractivity contribution in [1.29, 1.82) is 0 Å². The molecule has 0 rings (SSSR count). The normalized spacial score (nSPS) is 15.7. The van der Waals surface area contributed by atoms with Crippen LogP contribution >= 0.6 is 0 Å². The van der Waals surface area contributed by atoms with Crippen LogP contribution in [0.2, 0.25) is 0 Å². The number of methoxy groups -OCH3 is 1. The highest BCUT2D eigenvalue weighted by atomic mass is 16.5. The van der Waals surface area contributed by atoms with Crippen molar-refractivity contribution in [2.45, 2.75) is 60.5 Å². The van der Waals surface area contributed by atoms with Crippen molar-refractivity contribution in [3.05, 3.63) is 119 Å². The molecule has 3 heteroatoms. The molecule has 0 bridgehead atoms. The molecule has 0 aromatic carbocycles. The lowest BCUT2D eigenvalue weighted by molar-refractivity contribution is -0.136. The van der Waals surface area contributed by atoms with E-state index in [-0.39, 0.29) is 5.97 Å². The van der Waals surface area contributed by atoms with Crippen LogP contribution in [0, 0.1) is 0 Å². The SMILES string of the molecule is COC(=O)/C(C)=C/C=C/C(C)=C/C=C/C=C(C)/C=C/C=C(C)/C=C/C=C(C)/C=C/CC(C)(C)O. The number of aliphatic hydroxyl groups is 1. The number of carbonyl (C=O) groups is 1. The summed E-state index contributed by atoms with van der Waals surface area (Å²) >= 11 is 0. The number of hydrogen-bond donors (Lipinski definition) is 1. The summed E-state index contributed by atoms with van der Waals surface area (Å²) in [7, 11) is 1.38. The van der Waals surface area contributed by atoms with Gasteiger partial charge in [-0.25, -0.2) is 4.79 Å². The molecule has 0 spiro atoms. The lowest BCUT2D eigenvalue weighted by atomic mass is 10.0. The maximum absolute atomic E-state index is 11.3. The molecule has 0 unspecified atom stereocenters. The van der Waals surface area contributed by atoms with Crippen molar-refractivity contribution in [2.75, 3.05) is 7.11 Å². The van der Waals surface area contributed by atoms with Gasteiger partial charge in [0.15, 0.2) is 0 Å². The van der Waals surface area contributed by atoms with Gasteiger partial charge in [-0.3, -0.25) is 0 Å². The molecule has 0 atom stereocenters. The molecular formula is C31H42O3. The van der Waals surface area contributed by atoms with Gasteiger partial charge in [0.05, 0.1) is 12.7 Å². The minimum absolute atomic E-state index is 0.320. The second-order valence-corrected chi connectivity index (χ2v) is 8.87. The first-order valence-electron chi connectivity index (χ1n) is 11.5. The van der Waals surface area contributed by atoms with E-state index in [4.69, 9.17) is 0 Å². The fourth-order valence-corrected chi connectivity index (χ4v) is 2.45. The third-order valence-electron chi connectivity index (χ3n) is 4.48. The zero-order valence-corrected chi connectivity index (χ0v) is 22.1. The van der Waals surface area contributed by atoms with Gasteiger partial charge in [-0.1, -0.05) is 113 Å². The lowest BCUT2D eigenvalue weighted by Crippen LogP contribution is -2.16. The molecule has 34 heavy (non-hydrogen) atoms. The maximum Gasteiger partial charge on any atom is 0.333 e. The van der Waals surface area contributed by atoms with Gasteiger partial charge in [0.1, 0.15) is 0 Å². The second kappa shape index (κ2) is 17.3. The minimum atomic E-state index is -0.668. The van der Waals surface area contributed by atoms with Gasteiger partial charge < -0.3 is 9.84 Å². The Morgan fingerprint density at radius 2 is 1.06 bits per heavy atom. The van der Waals surface area contributed by atoms with Crippen molar-refractivity contribution in [3.63, 3.8) is 0 Å². The molecular weight excluding hydrogens is 420 g/mol. The molecule has 184 valence electrons. The van der Waals surface area contributed by atoms with Gasteiger partial charge in [0, 0.05) is 5.57 Å². The van der Waals surface area contributed by atoms with E-state index < -0.39 is 5.60 Å². The molecule has 1 N–H and O–H groups in total. The Hall–Kier alpha value is -3.17. The highest BCUT2D eigenvalue weighted by molar-refractivity contribution is 5.87. The quantitative estimate of drug-likeness (QED) is 0.183. The fourth-order valence-electron chi connectivity index (χ4n) is 2.45. The molecule has 0 saturated heterocycles. The molecule has 0 radical (unpaired) electrons. The van der Waals surface area contributed by atoms with Gasteiger partial charge in [-0.15, -0.1) is 0 Å². The van der Waals surface area contributed by atoms with Crippen LogP contribution in [-0.2, 0) is 9.53 Å². The molecule has 0 aromatic heterocycles. The van der Waals surface area contributed by atoms with Crippen LogP contribution in [0.4, 0.5) is 0 Å². The topological polar surface area (TPSA) is 46.5 Å². The van der Waals surface area contributed by atoms with Crippen LogP contribution in [0.3, 0.4) is 0 Å². The largest absolute Gasteiger partial charge is 0.466 e. The first-order chi connectivity index (χ1) is 15.9. The molecule has 0 aliphatic rings. The summed E-state index contributed by atoms with van der Waals surface area (Å²) in [5.74, 6) is -0.320. The molecule has 0 aliphatic carbocycles. The van der Waals surface area contributed by atoms with Crippen molar-refractivity contribution in [2.24, 2.45) is 0 Å². The maximum atomic E-state index is 11.3. The van der Waals surface area contributed by atoms with E-state index >= 15 is 0 Å². The Balaban J connectivity index is 4.73. The minimum Gasteiger partial charge on any atom is -0.466 e. The van der Waals surface area contributed by atoms with E-state index in [9.17, 15) is 9.90 Å². The Kier molecular flexibility index (Phi) is 15.7. The smallest absolute Gasteiger partial charge is 0.333 e. The van der Waals surface area contributed by atoms with Crippen LogP contribution < -0.4 is 0 Å². The van der Waals surface area contributed by atoms with Crippen LogP contribution in [0.5, 0.6) is 0 Å². The standard InChI is InChI=1S/C31H42O3/c1-25(15-9-10-16-26(2)21-13-23-29(5)30(32)34-8)17-11-18-27(3)19-12-20-28(4)22-14-24-31(6,7)33/h9-23,33H,24H2,1-8H3/b10-9+,17-11+,19-12+,21-13+,22-14+,25-15+,26-16+,27-18+,28-20+,29-23+. The number of esters is 1. The zero-order chi connectivity index (χ0) is 26.0. The Morgan fingerprint density at radius 1 is 0.676 bits per heavy atom. The molecule has 0 heterocycles. The fraction of sp³-hybridized carbons (Fsp3) is 0.323. The van der Waals surface area contributed by atoms with Crippen molar-refractivity contribution in [3.8, 4) is 0 Å². The average molecular weight is 463 g/mol. The summed E-state index contributed by atoms with van der Waals surface area (Å²) in [4.78, 5) is 11.3. The average Bonchev–Trinajstić information content (AvgIpc) is 2.75. The van der Waals surface area contributed by atoms with Crippen molar-refractivity contribution < 1.29 is 14.6 Å². The predicted molar refractivity (Wildman–Crippen MR) is 147 cm³/mol. The van der Waals surface area contributed by atoms with Gasteiger partial charge >= 0.3 is 5.97 Å². The number of allylic oxidation sites excluding steroid dienone is 18. The number of carbonyl (C=O) groups excluding carboxylic acids is 1. The van der Waals surface area contributed by atoms with Crippen LogP contribution in [0.1, 0.15) is 54.9 Å². The second-order valence-electron chi connectivity index (χ2n) is 8.87. The number of hydrogen-bond acceptors (Lipinski definition) is 3. The summed E-state index contributed by atoms with van der Waals surface area (Å²) in [6.45, 7) is 13.5. The zero-order valence-electron chi connectivity index (χ0n) is 22.1. The Morgan fingerprint density at radius 3 is 1.47 bits per heavy atom. The predicted octanol–water partition coefficient (Wildman–Crippen LogP) is 7.83. The highest BCUT2D eigenvalue weighted by Crippen LogP contribution is 2.09. The van der Waals surface area contributed by atoms with Crippen LogP contribution in [0.15, 0.2) is 119 Å². The summed E-state index contributed by atoms with van der Waals surface area (Å²) in [5.41, 5.74) is 4.42. The summed E-state index contributed by atoms with van der Waals surface area (Å²) < 4.78 is 4.66. The van der Waals surface area contributed by atoms with Crippen molar-refractivity contribution in [1.82, 2.24) is 0 Å². The van der Waals surface area contributed by atoms with Gasteiger partial charge in [0.25, 0.3) is 0 Å². The van der Waals surface area contributed by atoms with Gasteiger partial charge in [-0.05, 0) is 54.9 Å². The van der Waals surface area contributed by atoms with E-state index in [1.54, 1.807) is 26.8 Å². The third kappa shape index (κ3) is 18.4. The summed E-state index contributed by atoms with van der Waals surface area (Å²) in [5, 5.41) is 9.72. The van der Waals surface area contributed by atoms with E-state index in [1.807, 2.05) is 68.5 Å². The first kappa shape index (κ1) is 30.8. The molecule has 0 aromatic rings. The van der Waals surface area contributed by atoms with Crippen LogP contribution in [-0.4, -0.2) is 23.8 Å². The lowest BCUT2D eigenvalue weighted by Gasteiger charge is -2.13. The van der Waals surface area contributed by atoms with E-state index in [0.29, 0.717) is 12.0 Å². The van der Waals surface area contributed by atoms with Crippen molar-refractivity contribution >= 4 is 5.97 Å². The molecule has 3 nitrogen and oxygen atoms in total. The number of rotatable bonds is 12. The van der Waals surface area contributed by atoms with Gasteiger partial charge in [0.2, 0.25) is 0 Å². The monoisotopic (exact) mass is 462 g/mol. The molecule has 0 saturated carbocycles. The van der Waals surface area contributed by atoms with E-state index in [0.717, 1.165) is 22.3 Å². The molecule has 0 amide bonds. The van der Waals surface area contributed by atoms with Gasteiger partial charge in [-0.2, -0.15) is 0 Å². The number of ether oxygens (including phenoxy) is 1. The summed E-state index contributed by atoms with van der Waals surface area (Å²) in [6, 6.07) is 0.